The Morgan fingerprint density at radius 1 is 1.22 bits per heavy atom. The monoisotopic (exact) mass is 380 g/mol. The quantitative estimate of drug-likeness (QED) is 0.553. The van der Waals surface area contributed by atoms with Crippen molar-refractivity contribution in [2.45, 2.75) is 19.4 Å². The van der Waals surface area contributed by atoms with Crippen molar-refractivity contribution in [3.8, 4) is 11.3 Å². The average molecular weight is 380 g/mol. The Kier molecular flexibility index (Phi) is 4.93. The lowest BCUT2D eigenvalue weighted by atomic mass is 10.1. The van der Waals surface area contributed by atoms with E-state index in [0.29, 0.717) is 30.6 Å². The molecule has 0 unspecified atom stereocenters. The Hall–Kier alpha value is -3.06. The zero-order valence-corrected chi connectivity index (χ0v) is 15.2. The summed E-state index contributed by atoms with van der Waals surface area (Å²) in [5.41, 5.74) is 3.03. The summed E-state index contributed by atoms with van der Waals surface area (Å²) in [5, 5.41) is 4.89. The highest BCUT2D eigenvalue weighted by Crippen LogP contribution is 2.26. The third-order valence-electron chi connectivity index (χ3n) is 4.25. The van der Waals surface area contributed by atoms with Gasteiger partial charge in [-0.1, -0.05) is 18.2 Å². The van der Waals surface area contributed by atoms with Gasteiger partial charge < -0.3 is 5.32 Å². The number of nitrogens with zero attached hydrogens (tertiary/aromatic N) is 3. The molecule has 1 aromatic carbocycles. The van der Waals surface area contributed by atoms with E-state index in [-0.39, 0.29) is 11.7 Å². The molecule has 3 heterocycles. The topological polar surface area (TPSA) is 59.3 Å². The number of rotatable bonds is 6. The zero-order chi connectivity index (χ0) is 18.6. The van der Waals surface area contributed by atoms with Crippen LogP contribution in [0.2, 0.25) is 0 Å². The number of fused-ring (bicyclic) bond motifs is 1. The van der Waals surface area contributed by atoms with Crippen LogP contribution in [0.4, 0.5) is 4.39 Å². The van der Waals surface area contributed by atoms with Gasteiger partial charge in [0.25, 0.3) is 0 Å². The Morgan fingerprint density at radius 2 is 2.11 bits per heavy atom. The molecule has 0 aliphatic carbocycles. The Bertz CT molecular complexity index is 1070. The molecule has 0 aliphatic heterocycles. The maximum absolute atomic E-state index is 14.0. The van der Waals surface area contributed by atoms with E-state index >= 15 is 0 Å². The molecule has 0 radical (unpaired) electrons. The second-order valence-electron chi connectivity index (χ2n) is 6.12. The van der Waals surface area contributed by atoms with Crippen molar-refractivity contribution in [1.29, 1.82) is 0 Å². The average Bonchev–Trinajstić information content (AvgIpc) is 3.27. The fourth-order valence-corrected chi connectivity index (χ4v) is 3.75. The third kappa shape index (κ3) is 3.88. The highest BCUT2D eigenvalue weighted by Gasteiger charge is 2.13. The fourth-order valence-electron chi connectivity index (χ4n) is 2.84. The van der Waals surface area contributed by atoms with Gasteiger partial charge in [-0.15, -0.1) is 11.3 Å². The summed E-state index contributed by atoms with van der Waals surface area (Å²) < 4.78 is 15.9. The summed E-state index contributed by atoms with van der Waals surface area (Å²) in [5.74, 6) is -0.313. The van der Waals surface area contributed by atoms with E-state index in [1.807, 2.05) is 28.1 Å². The predicted octanol–water partition coefficient (Wildman–Crippen LogP) is 3.85. The number of aryl methyl sites for hydroxylation is 1. The number of carbonyl (C=O) groups is 1. The van der Waals surface area contributed by atoms with Gasteiger partial charge in [-0.05, 0) is 30.2 Å². The van der Waals surface area contributed by atoms with Crippen molar-refractivity contribution >= 4 is 22.2 Å². The summed E-state index contributed by atoms with van der Waals surface area (Å²) in [6.07, 6.45) is 6.23. The number of amides is 1. The number of hydrogen-bond acceptors (Lipinski definition) is 4. The van der Waals surface area contributed by atoms with Crippen LogP contribution >= 0.6 is 11.3 Å². The summed E-state index contributed by atoms with van der Waals surface area (Å²) in [6, 6.07) is 10.4. The number of pyridine rings is 1. The molecule has 3 aromatic heterocycles. The third-order valence-corrected chi connectivity index (χ3v) is 5.14. The number of hydrogen-bond donors (Lipinski definition) is 1. The van der Waals surface area contributed by atoms with E-state index in [0.717, 1.165) is 16.2 Å². The van der Waals surface area contributed by atoms with Gasteiger partial charge in [0.15, 0.2) is 4.96 Å². The summed E-state index contributed by atoms with van der Waals surface area (Å²) in [4.78, 5) is 21.4. The minimum atomic E-state index is -0.292. The highest BCUT2D eigenvalue weighted by molar-refractivity contribution is 7.15. The lowest BCUT2D eigenvalue weighted by molar-refractivity contribution is -0.121. The van der Waals surface area contributed by atoms with Crippen LogP contribution in [0.3, 0.4) is 0 Å². The van der Waals surface area contributed by atoms with Crippen molar-refractivity contribution < 1.29 is 9.18 Å². The molecule has 5 nitrogen and oxygen atoms in total. The highest BCUT2D eigenvalue weighted by atomic mass is 32.1. The van der Waals surface area contributed by atoms with Crippen molar-refractivity contribution in [2.75, 3.05) is 0 Å². The number of carbonyl (C=O) groups excluding carboxylic acids is 1. The van der Waals surface area contributed by atoms with Crippen LogP contribution in [0.5, 0.6) is 0 Å². The van der Waals surface area contributed by atoms with Crippen LogP contribution in [-0.4, -0.2) is 20.3 Å². The Morgan fingerprint density at radius 3 is 2.93 bits per heavy atom. The molecule has 27 heavy (non-hydrogen) atoms. The van der Waals surface area contributed by atoms with Crippen molar-refractivity contribution in [1.82, 2.24) is 19.7 Å². The van der Waals surface area contributed by atoms with Crippen molar-refractivity contribution in [2.24, 2.45) is 0 Å². The molecular weight excluding hydrogens is 363 g/mol. The molecule has 136 valence electrons. The maximum Gasteiger partial charge on any atom is 0.220 e. The molecule has 0 spiro atoms. The molecule has 0 aliphatic rings. The lowest BCUT2D eigenvalue weighted by Crippen LogP contribution is -2.23. The van der Waals surface area contributed by atoms with Crippen LogP contribution in [0.15, 0.2) is 60.4 Å². The predicted molar refractivity (Wildman–Crippen MR) is 103 cm³/mol. The molecule has 0 fully saturated rings. The SMILES string of the molecule is O=C(CCc1csc2nc(-c3ccccc3F)cn12)NCc1cccnc1. The van der Waals surface area contributed by atoms with Crippen molar-refractivity contribution in [3.63, 3.8) is 0 Å². The van der Waals surface area contributed by atoms with Gasteiger partial charge >= 0.3 is 0 Å². The van der Waals surface area contributed by atoms with Crippen LogP contribution in [0.25, 0.3) is 16.2 Å². The first-order valence-electron chi connectivity index (χ1n) is 8.56. The van der Waals surface area contributed by atoms with Gasteiger partial charge in [-0.25, -0.2) is 9.37 Å². The second kappa shape index (κ2) is 7.67. The van der Waals surface area contributed by atoms with Crippen molar-refractivity contribution in [3.05, 3.63) is 77.4 Å². The molecule has 0 saturated heterocycles. The van der Waals surface area contributed by atoms with Gasteiger partial charge in [0.05, 0.1) is 5.69 Å². The number of nitrogens with one attached hydrogen (secondary N) is 1. The lowest BCUT2D eigenvalue weighted by Gasteiger charge is -2.04. The summed E-state index contributed by atoms with van der Waals surface area (Å²) in [7, 11) is 0. The number of thiazole rings is 1. The molecule has 1 N–H and O–H groups in total. The normalized spacial score (nSPS) is 11.0. The molecule has 7 heteroatoms. The number of benzene rings is 1. The van der Waals surface area contributed by atoms with Gasteiger partial charge in [-0.3, -0.25) is 14.2 Å². The first-order chi connectivity index (χ1) is 13.2. The Balaban J connectivity index is 1.42. The standard InChI is InChI=1S/C20H17FN4OS/c21-17-6-2-1-5-16(17)18-12-25-15(13-27-20(25)24-18)7-8-19(26)23-11-14-4-3-9-22-10-14/h1-6,9-10,12-13H,7-8,11H2,(H,23,26). The first-order valence-corrected chi connectivity index (χ1v) is 9.44. The Labute approximate surface area is 159 Å². The molecule has 0 atom stereocenters. The van der Waals surface area contributed by atoms with Gasteiger partial charge in [-0.2, -0.15) is 0 Å². The van der Waals surface area contributed by atoms with Crippen LogP contribution < -0.4 is 5.32 Å². The van der Waals surface area contributed by atoms with Crippen LogP contribution in [0, 0.1) is 5.82 Å². The van der Waals surface area contributed by atoms with E-state index in [9.17, 15) is 9.18 Å². The minimum Gasteiger partial charge on any atom is -0.352 e. The number of aromatic nitrogens is 3. The molecule has 4 rings (SSSR count). The van der Waals surface area contributed by atoms with E-state index in [1.54, 1.807) is 30.6 Å². The van der Waals surface area contributed by atoms with Crippen LogP contribution in [-0.2, 0) is 17.8 Å². The smallest absolute Gasteiger partial charge is 0.220 e. The molecule has 0 bridgehead atoms. The van der Waals surface area contributed by atoms with E-state index in [2.05, 4.69) is 15.3 Å². The van der Waals surface area contributed by atoms with E-state index < -0.39 is 0 Å². The second-order valence-corrected chi connectivity index (χ2v) is 6.96. The maximum atomic E-state index is 14.0. The van der Waals surface area contributed by atoms with E-state index in [4.69, 9.17) is 0 Å². The molecular formula is C20H17FN4OS. The molecule has 4 aromatic rings. The van der Waals surface area contributed by atoms with Gasteiger partial charge in [0, 0.05) is 48.2 Å². The zero-order valence-electron chi connectivity index (χ0n) is 14.4. The van der Waals surface area contributed by atoms with E-state index in [1.165, 1.54) is 17.4 Å². The largest absolute Gasteiger partial charge is 0.352 e. The summed E-state index contributed by atoms with van der Waals surface area (Å²) in [6.45, 7) is 0.466. The number of halogens is 1. The number of imidazole rings is 1. The van der Waals surface area contributed by atoms with Gasteiger partial charge in [0.1, 0.15) is 5.82 Å². The minimum absolute atomic E-state index is 0.0207. The summed E-state index contributed by atoms with van der Waals surface area (Å²) >= 11 is 1.49. The fraction of sp³-hybridized carbons (Fsp3) is 0.150. The van der Waals surface area contributed by atoms with Gasteiger partial charge in [0.2, 0.25) is 5.91 Å². The first kappa shape index (κ1) is 17.4. The van der Waals surface area contributed by atoms with Crippen LogP contribution in [0.1, 0.15) is 17.7 Å². The molecule has 0 saturated carbocycles. The molecule has 1 amide bonds.